The minimum atomic E-state index is -0.542. The first-order valence-electron chi connectivity index (χ1n) is 11.3. The highest BCUT2D eigenvalue weighted by atomic mass is 16.6. The molecular weight excluding hydrogens is 444 g/mol. The number of nitrogens with one attached hydrogen (secondary N) is 1. The third kappa shape index (κ3) is 5.10. The maximum atomic E-state index is 12.8. The minimum Gasteiger partial charge on any atom is -0.459 e. The van der Waals surface area contributed by atoms with E-state index in [1.807, 2.05) is 4.90 Å². The monoisotopic (exact) mass is 472 g/mol. The number of aryl methyl sites for hydroxylation is 2. The van der Waals surface area contributed by atoms with Crippen molar-refractivity contribution in [1.29, 1.82) is 0 Å². The van der Waals surface area contributed by atoms with Gasteiger partial charge in [0.1, 0.15) is 6.20 Å². The van der Waals surface area contributed by atoms with Gasteiger partial charge in [-0.15, -0.1) is 0 Å². The maximum absolute atomic E-state index is 12.8. The van der Waals surface area contributed by atoms with Crippen LogP contribution in [0.15, 0.2) is 29.0 Å². The van der Waals surface area contributed by atoms with E-state index in [0.29, 0.717) is 38.5 Å². The molecule has 2 aromatic rings. The van der Waals surface area contributed by atoms with Crippen LogP contribution >= 0.6 is 0 Å². The van der Waals surface area contributed by atoms with Gasteiger partial charge in [0, 0.05) is 46.1 Å². The van der Waals surface area contributed by atoms with E-state index in [0.717, 1.165) is 19.3 Å². The third-order valence-corrected chi connectivity index (χ3v) is 6.83. The molecule has 0 aromatic carbocycles. The number of aromatic nitrogens is 2. The standard InChI is InChI=1S/C22H28N6O6/c1-16-24-18(28(32)33)14-26(16)8-4-19(29)27-11-7-22(15-27)5-9-25(10-6-22)20(30)13-23-21(31)17-3-2-12-34-17/h2-3,12,14H,4-11,13,15H2,1H3,(H,23,31). The number of carbonyl (C=O) groups excluding carboxylic acids is 3. The molecule has 2 saturated heterocycles. The van der Waals surface area contributed by atoms with Gasteiger partial charge in [0.05, 0.1) is 12.8 Å². The summed E-state index contributed by atoms with van der Waals surface area (Å²) in [6.45, 7) is 4.47. The van der Waals surface area contributed by atoms with Crippen LogP contribution in [0.3, 0.4) is 0 Å². The maximum Gasteiger partial charge on any atom is 0.381 e. The SMILES string of the molecule is Cc1nc([N+](=O)[O-])cn1CCC(=O)N1CCC2(CCN(C(=O)CNC(=O)c3ccco3)CC2)C1. The molecule has 0 bridgehead atoms. The molecule has 0 saturated carbocycles. The van der Waals surface area contributed by atoms with Crippen LogP contribution in [0.2, 0.25) is 0 Å². The van der Waals surface area contributed by atoms with Crippen LogP contribution < -0.4 is 5.32 Å². The number of piperidine rings is 1. The second kappa shape index (κ2) is 9.65. The Kier molecular flexibility index (Phi) is 6.66. The number of nitro groups is 1. The molecule has 0 aliphatic carbocycles. The van der Waals surface area contributed by atoms with E-state index < -0.39 is 10.8 Å². The molecule has 12 nitrogen and oxygen atoms in total. The Bertz CT molecular complexity index is 1070. The molecule has 2 fully saturated rings. The van der Waals surface area contributed by atoms with Crippen LogP contribution in [0.1, 0.15) is 42.1 Å². The molecule has 0 radical (unpaired) electrons. The number of furan rings is 1. The highest BCUT2D eigenvalue weighted by Crippen LogP contribution is 2.40. The van der Waals surface area contributed by atoms with Crippen LogP contribution in [0.25, 0.3) is 0 Å². The fourth-order valence-electron chi connectivity index (χ4n) is 4.73. The Hall–Kier alpha value is -3.70. The summed E-state index contributed by atoms with van der Waals surface area (Å²) >= 11 is 0. The van der Waals surface area contributed by atoms with E-state index in [1.165, 1.54) is 18.5 Å². The third-order valence-electron chi connectivity index (χ3n) is 6.83. The Morgan fingerprint density at radius 2 is 1.88 bits per heavy atom. The van der Waals surface area contributed by atoms with E-state index in [1.54, 1.807) is 22.5 Å². The van der Waals surface area contributed by atoms with Crippen molar-refractivity contribution < 1.29 is 23.7 Å². The molecule has 2 aromatic heterocycles. The summed E-state index contributed by atoms with van der Waals surface area (Å²) in [5, 5.41) is 13.5. The lowest BCUT2D eigenvalue weighted by molar-refractivity contribution is -0.389. The minimum absolute atomic E-state index is 0.00751. The van der Waals surface area contributed by atoms with Crippen molar-refractivity contribution >= 4 is 23.5 Å². The number of nitrogens with zero attached hydrogens (tertiary/aromatic N) is 5. The van der Waals surface area contributed by atoms with Gasteiger partial charge in [0.2, 0.25) is 17.6 Å². The molecule has 2 aliphatic heterocycles. The number of likely N-dealkylation sites (tertiary alicyclic amines) is 2. The zero-order chi connectivity index (χ0) is 24.3. The summed E-state index contributed by atoms with van der Waals surface area (Å²) in [5.74, 6) is -0.0706. The quantitative estimate of drug-likeness (QED) is 0.473. The molecule has 0 atom stereocenters. The second-order valence-corrected chi connectivity index (χ2v) is 8.95. The fourth-order valence-corrected chi connectivity index (χ4v) is 4.73. The molecule has 4 rings (SSSR count). The molecule has 182 valence electrons. The van der Waals surface area contributed by atoms with Crippen molar-refractivity contribution in [3.05, 3.63) is 46.3 Å². The Morgan fingerprint density at radius 3 is 2.50 bits per heavy atom. The summed E-state index contributed by atoms with van der Waals surface area (Å²) in [7, 11) is 0. The lowest BCUT2D eigenvalue weighted by Crippen LogP contribution is -2.47. The van der Waals surface area contributed by atoms with Gasteiger partial charge in [-0.2, -0.15) is 0 Å². The van der Waals surface area contributed by atoms with Gasteiger partial charge >= 0.3 is 5.82 Å². The van der Waals surface area contributed by atoms with Crippen LogP contribution in [0, 0.1) is 22.5 Å². The summed E-state index contributed by atoms with van der Waals surface area (Å²) < 4.78 is 6.66. The predicted molar refractivity (Wildman–Crippen MR) is 119 cm³/mol. The Balaban J connectivity index is 1.22. The van der Waals surface area contributed by atoms with E-state index in [2.05, 4.69) is 10.3 Å². The molecule has 3 amide bonds. The molecule has 1 spiro atoms. The van der Waals surface area contributed by atoms with Crippen molar-refractivity contribution in [3.8, 4) is 0 Å². The summed E-state index contributed by atoms with van der Waals surface area (Å²) in [6, 6.07) is 3.15. The topological polar surface area (TPSA) is 144 Å². The van der Waals surface area contributed by atoms with Gasteiger partial charge in [-0.3, -0.25) is 14.4 Å². The van der Waals surface area contributed by atoms with Crippen molar-refractivity contribution in [2.24, 2.45) is 5.41 Å². The van der Waals surface area contributed by atoms with Gasteiger partial charge in [0.25, 0.3) is 5.91 Å². The van der Waals surface area contributed by atoms with Gasteiger partial charge < -0.3 is 34.2 Å². The van der Waals surface area contributed by atoms with E-state index in [4.69, 9.17) is 4.42 Å². The zero-order valence-corrected chi connectivity index (χ0v) is 19.1. The van der Waals surface area contributed by atoms with Crippen molar-refractivity contribution in [2.45, 2.75) is 39.2 Å². The zero-order valence-electron chi connectivity index (χ0n) is 19.1. The summed E-state index contributed by atoms with van der Waals surface area (Å²) in [6.07, 6.45) is 5.53. The highest BCUT2D eigenvalue weighted by molar-refractivity contribution is 5.94. The normalized spacial score (nSPS) is 17.2. The molecule has 1 N–H and O–H groups in total. The average molecular weight is 473 g/mol. The van der Waals surface area contributed by atoms with Crippen LogP contribution in [0.5, 0.6) is 0 Å². The number of hydrogen-bond acceptors (Lipinski definition) is 7. The van der Waals surface area contributed by atoms with Gasteiger partial charge in [0.15, 0.2) is 5.76 Å². The Labute approximate surface area is 196 Å². The van der Waals surface area contributed by atoms with Crippen LogP contribution in [-0.4, -0.2) is 74.7 Å². The van der Waals surface area contributed by atoms with Gasteiger partial charge in [-0.05, 0) is 46.7 Å². The first kappa shape index (κ1) is 23.5. The van der Waals surface area contributed by atoms with E-state index in [9.17, 15) is 24.5 Å². The second-order valence-electron chi connectivity index (χ2n) is 8.95. The number of hydrogen-bond donors (Lipinski definition) is 1. The lowest BCUT2D eigenvalue weighted by Gasteiger charge is -2.39. The molecule has 34 heavy (non-hydrogen) atoms. The molecule has 12 heteroatoms. The smallest absolute Gasteiger partial charge is 0.381 e. The van der Waals surface area contributed by atoms with Crippen LogP contribution in [-0.2, 0) is 16.1 Å². The first-order chi connectivity index (χ1) is 16.3. The molecular formula is C22H28N6O6. The van der Waals surface area contributed by atoms with Crippen molar-refractivity contribution in [3.63, 3.8) is 0 Å². The predicted octanol–water partition coefficient (Wildman–Crippen LogP) is 1.35. The van der Waals surface area contributed by atoms with Gasteiger partial charge in [-0.25, -0.2) is 0 Å². The number of imidazole rings is 1. The lowest BCUT2D eigenvalue weighted by atomic mass is 9.78. The molecule has 2 aliphatic rings. The molecule has 4 heterocycles. The van der Waals surface area contributed by atoms with Gasteiger partial charge in [-0.1, -0.05) is 0 Å². The van der Waals surface area contributed by atoms with Crippen molar-refractivity contribution in [1.82, 2.24) is 24.7 Å². The summed E-state index contributed by atoms with van der Waals surface area (Å²) in [4.78, 5) is 55.1. The highest BCUT2D eigenvalue weighted by Gasteiger charge is 2.42. The molecule has 0 unspecified atom stereocenters. The van der Waals surface area contributed by atoms with E-state index in [-0.39, 0.29) is 41.8 Å². The fraction of sp³-hybridized carbons (Fsp3) is 0.545. The first-order valence-corrected chi connectivity index (χ1v) is 11.3. The number of amides is 3. The average Bonchev–Trinajstić information content (AvgIpc) is 3.57. The summed E-state index contributed by atoms with van der Waals surface area (Å²) in [5.41, 5.74) is 0.00751. The number of rotatable bonds is 7. The van der Waals surface area contributed by atoms with E-state index >= 15 is 0 Å². The number of carbonyl (C=O) groups is 3. The Morgan fingerprint density at radius 1 is 1.18 bits per heavy atom. The largest absolute Gasteiger partial charge is 0.459 e. The van der Waals surface area contributed by atoms with Crippen molar-refractivity contribution in [2.75, 3.05) is 32.7 Å². The van der Waals surface area contributed by atoms with Crippen LogP contribution in [0.4, 0.5) is 5.82 Å².